The van der Waals surface area contributed by atoms with Gasteiger partial charge in [-0.1, -0.05) is 35.9 Å². The lowest BCUT2D eigenvalue weighted by atomic mass is 10.00. The van der Waals surface area contributed by atoms with Crippen LogP contribution in [0.15, 0.2) is 60.8 Å². The number of hydrogen-bond donors (Lipinski definition) is 1. The van der Waals surface area contributed by atoms with Crippen molar-refractivity contribution in [2.75, 3.05) is 5.32 Å². The number of anilines is 2. The van der Waals surface area contributed by atoms with E-state index < -0.39 is 11.6 Å². The third kappa shape index (κ3) is 3.32. The zero-order chi connectivity index (χ0) is 19.7. The van der Waals surface area contributed by atoms with Crippen molar-refractivity contribution in [3.05, 3.63) is 83.6 Å². The van der Waals surface area contributed by atoms with Gasteiger partial charge >= 0.3 is 0 Å². The van der Waals surface area contributed by atoms with Crippen molar-refractivity contribution in [2.24, 2.45) is 0 Å². The molecule has 0 saturated carbocycles. The van der Waals surface area contributed by atoms with E-state index in [1.807, 2.05) is 31.2 Å². The molecule has 0 bridgehead atoms. The molecule has 0 radical (unpaired) electrons. The summed E-state index contributed by atoms with van der Waals surface area (Å²) in [5, 5.41) is 3.74. The summed E-state index contributed by atoms with van der Waals surface area (Å²) in [7, 11) is 0. The molecule has 138 valence electrons. The van der Waals surface area contributed by atoms with Crippen LogP contribution in [0.1, 0.15) is 15.9 Å². The Labute approximate surface area is 159 Å². The van der Waals surface area contributed by atoms with Crippen LogP contribution in [0.5, 0.6) is 0 Å². The summed E-state index contributed by atoms with van der Waals surface area (Å²) in [4.78, 5) is 19.6. The molecular formula is C22H15F2N3O. The number of para-hydroxylation sites is 1. The molecule has 4 rings (SSSR count). The number of nitrogens with zero attached hydrogens (tertiary/aromatic N) is 2. The van der Waals surface area contributed by atoms with Crippen LogP contribution in [0.3, 0.4) is 0 Å². The molecule has 0 unspecified atom stereocenters. The average Bonchev–Trinajstić information content (AvgIpc) is 2.69. The third-order valence-electron chi connectivity index (χ3n) is 4.39. The lowest BCUT2D eigenvalue weighted by molar-refractivity contribution is 0.112. The minimum absolute atomic E-state index is 0.0599. The first kappa shape index (κ1) is 17.7. The zero-order valence-corrected chi connectivity index (χ0v) is 14.9. The first-order valence-corrected chi connectivity index (χ1v) is 8.59. The maximum Gasteiger partial charge on any atom is 0.227 e. The van der Waals surface area contributed by atoms with Crippen LogP contribution in [0, 0.1) is 18.6 Å². The van der Waals surface area contributed by atoms with E-state index in [1.54, 1.807) is 24.4 Å². The fraction of sp³-hybridized carbons (Fsp3) is 0.0455. The molecule has 0 fully saturated rings. The van der Waals surface area contributed by atoms with Gasteiger partial charge in [-0.15, -0.1) is 0 Å². The molecule has 0 spiro atoms. The second kappa shape index (κ2) is 7.15. The number of aromatic nitrogens is 2. The van der Waals surface area contributed by atoms with Crippen LogP contribution in [-0.2, 0) is 0 Å². The van der Waals surface area contributed by atoms with E-state index >= 15 is 0 Å². The van der Waals surface area contributed by atoms with Crippen molar-refractivity contribution >= 4 is 28.8 Å². The molecule has 0 aliphatic rings. The Balaban J connectivity index is 1.84. The first-order chi connectivity index (χ1) is 13.5. The van der Waals surface area contributed by atoms with Gasteiger partial charge in [-0.3, -0.25) is 4.79 Å². The molecule has 0 aliphatic carbocycles. The minimum Gasteiger partial charge on any atom is -0.324 e. The molecule has 4 aromatic rings. The van der Waals surface area contributed by atoms with Crippen LogP contribution in [0.25, 0.3) is 22.0 Å². The Morgan fingerprint density at radius 3 is 2.39 bits per heavy atom. The Morgan fingerprint density at radius 2 is 1.71 bits per heavy atom. The fourth-order valence-corrected chi connectivity index (χ4v) is 3.00. The molecule has 3 aromatic carbocycles. The van der Waals surface area contributed by atoms with Gasteiger partial charge in [0.15, 0.2) is 0 Å². The van der Waals surface area contributed by atoms with Crippen LogP contribution in [-0.4, -0.2) is 16.3 Å². The van der Waals surface area contributed by atoms with Crippen molar-refractivity contribution in [3.63, 3.8) is 0 Å². The zero-order valence-electron chi connectivity index (χ0n) is 14.9. The van der Waals surface area contributed by atoms with E-state index in [4.69, 9.17) is 0 Å². The molecule has 28 heavy (non-hydrogen) atoms. The van der Waals surface area contributed by atoms with Crippen molar-refractivity contribution < 1.29 is 13.6 Å². The van der Waals surface area contributed by atoms with E-state index in [0.717, 1.165) is 23.4 Å². The van der Waals surface area contributed by atoms with E-state index in [0.29, 0.717) is 28.7 Å². The van der Waals surface area contributed by atoms with Crippen LogP contribution < -0.4 is 5.32 Å². The highest BCUT2D eigenvalue weighted by Crippen LogP contribution is 2.32. The summed E-state index contributed by atoms with van der Waals surface area (Å²) < 4.78 is 29.1. The Hall–Kier alpha value is -3.67. The Kier molecular flexibility index (Phi) is 4.53. The van der Waals surface area contributed by atoms with Crippen molar-refractivity contribution in [1.29, 1.82) is 0 Å². The summed E-state index contributed by atoms with van der Waals surface area (Å²) in [6.07, 6.45) is 2.00. The SMILES string of the molecule is Cc1ccc(Nc2ncc3cccc(-c4c(F)cc(C=O)cc4F)c3n2)cc1. The summed E-state index contributed by atoms with van der Waals surface area (Å²) in [6, 6.07) is 14.8. The van der Waals surface area contributed by atoms with Crippen LogP contribution in [0.2, 0.25) is 0 Å². The number of benzene rings is 3. The summed E-state index contributed by atoms with van der Waals surface area (Å²) >= 11 is 0. The second-order valence-corrected chi connectivity index (χ2v) is 6.41. The van der Waals surface area contributed by atoms with Gasteiger partial charge < -0.3 is 5.32 Å². The van der Waals surface area contributed by atoms with E-state index in [9.17, 15) is 13.6 Å². The Bertz CT molecular complexity index is 1170. The van der Waals surface area contributed by atoms with E-state index in [-0.39, 0.29) is 11.1 Å². The average molecular weight is 375 g/mol. The molecule has 6 heteroatoms. The number of halogens is 2. The number of fused-ring (bicyclic) bond motifs is 1. The monoisotopic (exact) mass is 375 g/mol. The number of rotatable bonds is 4. The Morgan fingerprint density at radius 1 is 1.00 bits per heavy atom. The maximum absolute atomic E-state index is 14.5. The van der Waals surface area contributed by atoms with Gasteiger partial charge in [-0.25, -0.2) is 18.7 Å². The minimum atomic E-state index is -0.818. The van der Waals surface area contributed by atoms with Crippen molar-refractivity contribution in [1.82, 2.24) is 9.97 Å². The van der Waals surface area contributed by atoms with Gasteiger partial charge in [0, 0.05) is 28.4 Å². The van der Waals surface area contributed by atoms with Crippen molar-refractivity contribution in [2.45, 2.75) is 6.92 Å². The number of nitrogens with one attached hydrogen (secondary N) is 1. The van der Waals surface area contributed by atoms with Crippen molar-refractivity contribution in [3.8, 4) is 11.1 Å². The lowest BCUT2D eigenvalue weighted by Gasteiger charge is -2.11. The number of aldehydes is 1. The van der Waals surface area contributed by atoms with Gasteiger partial charge in [-0.05, 0) is 31.2 Å². The molecule has 0 aliphatic heterocycles. The molecule has 0 amide bonds. The third-order valence-corrected chi connectivity index (χ3v) is 4.39. The molecule has 1 N–H and O–H groups in total. The van der Waals surface area contributed by atoms with Gasteiger partial charge in [0.2, 0.25) is 5.95 Å². The normalized spacial score (nSPS) is 10.8. The summed E-state index contributed by atoms with van der Waals surface area (Å²) in [5.74, 6) is -1.32. The largest absolute Gasteiger partial charge is 0.324 e. The molecule has 1 heterocycles. The smallest absolute Gasteiger partial charge is 0.227 e. The fourth-order valence-electron chi connectivity index (χ4n) is 3.00. The maximum atomic E-state index is 14.5. The molecular weight excluding hydrogens is 360 g/mol. The predicted octanol–water partition coefficient (Wildman–Crippen LogP) is 5.44. The lowest BCUT2D eigenvalue weighted by Crippen LogP contribution is -1.99. The van der Waals surface area contributed by atoms with E-state index in [1.165, 1.54) is 0 Å². The topological polar surface area (TPSA) is 54.9 Å². The van der Waals surface area contributed by atoms with Gasteiger partial charge in [0.25, 0.3) is 0 Å². The first-order valence-electron chi connectivity index (χ1n) is 8.59. The molecule has 4 nitrogen and oxygen atoms in total. The second-order valence-electron chi connectivity index (χ2n) is 6.41. The summed E-state index contributed by atoms with van der Waals surface area (Å²) in [5.41, 5.74) is 2.33. The molecule has 0 atom stereocenters. The number of aryl methyl sites for hydroxylation is 1. The van der Waals surface area contributed by atoms with Gasteiger partial charge in [0.05, 0.1) is 11.1 Å². The highest BCUT2D eigenvalue weighted by atomic mass is 19.1. The summed E-state index contributed by atoms with van der Waals surface area (Å²) in [6.45, 7) is 1.99. The highest BCUT2D eigenvalue weighted by molar-refractivity contribution is 5.94. The predicted molar refractivity (Wildman–Crippen MR) is 105 cm³/mol. The van der Waals surface area contributed by atoms with Gasteiger partial charge in [-0.2, -0.15) is 0 Å². The number of carbonyl (C=O) groups excluding carboxylic acids is 1. The van der Waals surface area contributed by atoms with Crippen LogP contribution in [0.4, 0.5) is 20.4 Å². The van der Waals surface area contributed by atoms with Gasteiger partial charge in [0.1, 0.15) is 17.9 Å². The quantitative estimate of drug-likeness (QED) is 0.483. The number of carbonyl (C=O) groups is 1. The molecule has 0 saturated heterocycles. The molecule has 1 aromatic heterocycles. The number of hydrogen-bond acceptors (Lipinski definition) is 4. The van der Waals surface area contributed by atoms with Crippen LogP contribution >= 0.6 is 0 Å². The highest BCUT2D eigenvalue weighted by Gasteiger charge is 2.17. The standard InChI is InChI=1S/C22H15F2N3O/c1-13-5-7-16(8-6-13)26-22-25-11-15-3-2-4-17(21(15)27-22)20-18(23)9-14(12-28)10-19(20)24/h2-12H,1H3,(H,25,26,27). The van der Waals surface area contributed by atoms with E-state index in [2.05, 4.69) is 15.3 Å².